The van der Waals surface area contributed by atoms with E-state index in [9.17, 15) is 9.90 Å². The Balaban J connectivity index is 2.81. The Bertz CT molecular complexity index is 262. The molecule has 1 rings (SSSR count). The lowest BCUT2D eigenvalue weighted by molar-refractivity contribution is -0.116. The summed E-state index contributed by atoms with van der Waals surface area (Å²) in [6.45, 7) is 0. The summed E-state index contributed by atoms with van der Waals surface area (Å²) in [6, 6.07) is 0. The monoisotopic (exact) mass is 170 g/mol. The van der Waals surface area contributed by atoms with Gasteiger partial charge in [0.1, 0.15) is 5.60 Å². The average Bonchev–Trinajstić information content (AvgIpc) is 2.08. The molecule has 0 fully saturated rings. The lowest BCUT2D eigenvalue weighted by atomic mass is 10.00. The molecule has 0 heterocycles. The lowest BCUT2D eigenvalue weighted by Gasteiger charge is -2.14. The summed E-state index contributed by atoms with van der Waals surface area (Å²) >= 11 is 5.47. The predicted octanol–water partition coefficient (Wildman–Crippen LogP) is 0.836. The maximum atomic E-state index is 10.8. The topological polar surface area (TPSA) is 37.3 Å². The SMILES string of the molecule is C#CCC1(O)C=C(Cl)C(=O)C1. The van der Waals surface area contributed by atoms with E-state index in [2.05, 4.69) is 5.92 Å². The van der Waals surface area contributed by atoms with Gasteiger partial charge in [0.25, 0.3) is 0 Å². The summed E-state index contributed by atoms with van der Waals surface area (Å²) in [5.41, 5.74) is -1.19. The Morgan fingerprint density at radius 3 is 2.91 bits per heavy atom. The van der Waals surface area contributed by atoms with Crippen LogP contribution in [0, 0.1) is 12.3 Å². The van der Waals surface area contributed by atoms with Gasteiger partial charge >= 0.3 is 0 Å². The third kappa shape index (κ3) is 1.62. The predicted molar refractivity (Wildman–Crippen MR) is 42.0 cm³/mol. The molecule has 0 aromatic rings. The fourth-order valence-electron chi connectivity index (χ4n) is 1.02. The second kappa shape index (κ2) is 2.69. The molecule has 1 unspecified atom stereocenters. The molecule has 0 saturated heterocycles. The molecule has 1 aliphatic carbocycles. The molecule has 11 heavy (non-hydrogen) atoms. The maximum Gasteiger partial charge on any atom is 0.177 e. The van der Waals surface area contributed by atoms with Crippen LogP contribution in [0.4, 0.5) is 0 Å². The largest absolute Gasteiger partial charge is 0.384 e. The van der Waals surface area contributed by atoms with Crippen molar-refractivity contribution in [3.63, 3.8) is 0 Å². The minimum absolute atomic E-state index is 0.00995. The van der Waals surface area contributed by atoms with Gasteiger partial charge in [-0.15, -0.1) is 12.3 Å². The minimum Gasteiger partial charge on any atom is -0.384 e. The van der Waals surface area contributed by atoms with Crippen LogP contribution in [0.2, 0.25) is 0 Å². The number of ketones is 1. The molecule has 58 valence electrons. The standard InChI is InChI=1S/C8H7ClO2/c1-2-3-8(11)4-6(9)7(10)5-8/h1,4,11H,3,5H2. The molecule has 1 aliphatic rings. The summed E-state index contributed by atoms with van der Waals surface area (Å²) in [4.78, 5) is 10.8. The highest BCUT2D eigenvalue weighted by atomic mass is 35.5. The van der Waals surface area contributed by atoms with Gasteiger partial charge in [-0.3, -0.25) is 4.79 Å². The van der Waals surface area contributed by atoms with E-state index in [1.165, 1.54) is 6.08 Å². The van der Waals surface area contributed by atoms with Crippen LogP contribution < -0.4 is 0 Å². The third-order valence-electron chi connectivity index (χ3n) is 1.54. The van der Waals surface area contributed by atoms with Gasteiger partial charge in [0.2, 0.25) is 0 Å². The van der Waals surface area contributed by atoms with Crippen molar-refractivity contribution in [3.05, 3.63) is 11.1 Å². The van der Waals surface area contributed by atoms with Crippen LogP contribution in [-0.4, -0.2) is 16.5 Å². The van der Waals surface area contributed by atoms with Crippen molar-refractivity contribution in [2.75, 3.05) is 0 Å². The first-order valence-corrected chi connectivity index (χ1v) is 3.52. The van der Waals surface area contributed by atoms with Crippen LogP contribution in [0.5, 0.6) is 0 Å². The number of hydrogen-bond acceptors (Lipinski definition) is 2. The highest BCUT2D eigenvalue weighted by Crippen LogP contribution is 2.29. The molecule has 0 aromatic carbocycles. The molecule has 0 radical (unpaired) electrons. The molecule has 1 N–H and O–H groups in total. The van der Waals surface area contributed by atoms with Crippen molar-refractivity contribution in [3.8, 4) is 12.3 Å². The summed E-state index contributed by atoms with van der Waals surface area (Å²) in [5, 5.41) is 9.59. The molecule has 0 amide bonds. The zero-order valence-corrected chi connectivity index (χ0v) is 6.56. The van der Waals surface area contributed by atoms with Crippen LogP contribution in [-0.2, 0) is 4.79 Å². The second-order valence-electron chi connectivity index (χ2n) is 2.58. The first kappa shape index (κ1) is 8.32. The van der Waals surface area contributed by atoms with E-state index in [1.807, 2.05) is 0 Å². The fourth-order valence-corrected chi connectivity index (χ4v) is 1.29. The van der Waals surface area contributed by atoms with E-state index in [0.717, 1.165) is 0 Å². The van der Waals surface area contributed by atoms with Crippen LogP contribution in [0.25, 0.3) is 0 Å². The number of allylic oxidation sites excluding steroid dienone is 1. The van der Waals surface area contributed by atoms with E-state index in [-0.39, 0.29) is 23.7 Å². The second-order valence-corrected chi connectivity index (χ2v) is 2.98. The molecule has 1 atom stereocenters. The van der Waals surface area contributed by atoms with Gasteiger partial charge < -0.3 is 5.11 Å². The highest BCUT2D eigenvalue weighted by Gasteiger charge is 2.34. The van der Waals surface area contributed by atoms with Gasteiger partial charge in [0.05, 0.1) is 5.03 Å². The number of Topliss-reactive ketones (excluding diaryl/α,β-unsaturated/α-hetero) is 1. The molecular weight excluding hydrogens is 164 g/mol. The number of rotatable bonds is 1. The number of aliphatic hydroxyl groups is 1. The van der Waals surface area contributed by atoms with Crippen molar-refractivity contribution in [2.24, 2.45) is 0 Å². The van der Waals surface area contributed by atoms with E-state index >= 15 is 0 Å². The zero-order valence-electron chi connectivity index (χ0n) is 5.80. The van der Waals surface area contributed by atoms with E-state index in [0.29, 0.717) is 0 Å². The normalized spacial score (nSPS) is 29.9. The van der Waals surface area contributed by atoms with Crippen molar-refractivity contribution < 1.29 is 9.90 Å². The molecule has 0 saturated carbocycles. The van der Waals surface area contributed by atoms with E-state index in [1.54, 1.807) is 0 Å². The van der Waals surface area contributed by atoms with Crippen molar-refractivity contribution in [1.82, 2.24) is 0 Å². The van der Waals surface area contributed by atoms with Crippen LogP contribution >= 0.6 is 11.6 Å². The number of carbonyl (C=O) groups is 1. The number of halogens is 1. The lowest BCUT2D eigenvalue weighted by Crippen LogP contribution is -2.23. The zero-order chi connectivity index (χ0) is 8.48. The van der Waals surface area contributed by atoms with Gasteiger partial charge in [0.15, 0.2) is 5.78 Å². The molecular formula is C8H7ClO2. The molecule has 0 aliphatic heterocycles. The summed E-state index contributed by atoms with van der Waals surface area (Å²) in [5.74, 6) is 2.04. The van der Waals surface area contributed by atoms with Gasteiger partial charge in [-0.1, -0.05) is 11.6 Å². The van der Waals surface area contributed by atoms with Gasteiger partial charge in [-0.25, -0.2) is 0 Å². The fraction of sp³-hybridized carbons (Fsp3) is 0.375. The number of terminal acetylenes is 1. The Labute approximate surface area is 69.9 Å². The molecule has 0 spiro atoms. The van der Waals surface area contributed by atoms with E-state index < -0.39 is 5.60 Å². The molecule has 0 bridgehead atoms. The average molecular weight is 171 g/mol. The van der Waals surface area contributed by atoms with Crippen molar-refractivity contribution in [2.45, 2.75) is 18.4 Å². The van der Waals surface area contributed by atoms with Crippen LogP contribution in [0.15, 0.2) is 11.1 Å². The quantitative estimate of drug-likeness (QED) is 0.592. The maximum absolute atomic E-state index is 10.8. The van der Waals surface area contributed by atoms with E-state index in [4.69, 9.17) is 18.0 Å². The van der Waals surface area contributed by atoms with Gasteiger partial charge in [-0.05, 0) is 6.08 Å². The van der Waals surface area contributed by atoms with Crippen molar-refractivity contribution >= 4 is 17.4 Å². The summed E-state index contributed by atoms with van der Waals surface area (Å²) < 4.78 is 0. The van der Waals surface area contributed by atoms with Gasteiger partial charge in [0, 0.05) is 12.8 Å². The summed E-state index contributed by atoms with van der Waals surface area (Å²) in [6.07, 6.45) is 6.45. The molecule has 2 nitrogen and oxygen atoms in total. The first-order valence-electron chi connectivity index (χ1n) is 3.15. The summed E-state index contributed by atoms with van der Waals surface area (Å²) in [7, 11) is 0. The Morgan fingerprint density at radius 1 is 1.91 bits per heavy atom. The minimum atomic E-state index is -1.19. The van der Waals surface area contributed by atoms with Crippen LogP contribution in [0.1, 0.15) is 12.8 Å². The first-order chi connectivity index (χ1) is 5.07. The number of carbonyl (C=O) groups excluding carboxylic acids is 1. The molecule has 0 aromatic heterocycles. The Kier molecular flexibility index (Phi) is 2.03. The Hall–Kier alpha value is -0.780. The third-order valence-corrected chi connectivity index (χ3v) is 1.86. The van der Waals surface area contributed by atoms with Crippen molar-refractivity contribution in [1.29, 1.82) is 0 Å². The number of hydrogen-bond donors (Lipinski definition) is 1. The highest BCUT2D eigenvalue weighted by molar-refractivity contribution is 6.43. The Morgan fingerprint density at radius 2 is 2.55 bits per heavy atom. The van der Waals surface area contributed by atoms with Gasteiger partial charge in [-0.2, -0.15) is 0 Å². The van der Waals surface area contributed by atoms with Crippen LogP contribution in [0.3, 0.4) is 0 Å². The molecule has 3 heteroatoms. The smallest absolute Gasteiger partial charge is 0.177 e.